The third kappa shape index (κ3) is 3.96. The fourth-order valence-electron chi connectivity index (χ4n) is 4.65. The monoisotopic (exact) mass is 481 g/mol. The Morgan fingerprint density at radius 2 is 1.82 bits per heavy atom. The number of nitrogens with zero attached hydrogens (tertiary/aromatic N) is 1. The van der Waals surface area contributed by atoms with Crippen LogP contribution in [0.3, 0.4) is 0 Å². The molecule has 0 bridgehead atoms. The van der Waals surface area contributed by atoms with Gasteiger partial charge in [-0.25, -0.2) is 8.42 Å². The Balaban J connectivity index is 1.52. The largest absolute Gasteiger partial charge is 0.378 e. The molecule has 1 aliphatic heterocycles. The highest BCUT2D eigenvalue weighted by Gasteiger charge is 2.39. The molecule has 3 aromatic carbocycles. The molecule has 7 nitrogen and oxygen atoms in total. The molecule has 5 rings (SSSR count). The Morgan fingerprint density at radius 1 is 1.03 bits per heavy atom. The predicted molar refractivity (Wildman–Crippen MR) is 128 cm³/mol. The summed E-state index contributed by atoms with van der Waals surface area (Å²) in [6, 6.07) is 18.0. The van der Waals surface area contributed by atoms with Gasteiger partial charge in [-0.3, -0.25) is 14.8 Å². The summed E-state index contributed by atoms with van der Waals surface area (Å²) in [6.45, 7) is 0. The molecule has 0 aromatic heterocycles. The second kappa shape index (κ2) is 8.20. The zero-order chi connectivity index (χ0) is 23.2. The summed E-state index contributed by atoms with van der Waals surface area (Å²) in [7, 11) is -3.76. The van der Waals surface area contributed by atoms with Gasteiger partial charge in [-0.05, 0) is 54.3 Å². The van der Waals surface area contributed by atoms with Crippen LogP contribution < -0.4 is 10.0 Å². The Kier molecular flexibility index (Phi) is 5.34. The first-order valence-electron chi connectivity index (χ1n) is 10.4. The summed E-state index contributed by atoms with van der Waals surface area (Å²) >= 11 is 6.44. The number of non-ortho nitro benzene ring substituents is 1. The third-order valence-corrected chi connectivity index (χ3v) is 7.92. The number of nitro benzene ring substituents is 1. The molecule has 2 aliphatic rings. The minimum absolute atomic E-state index is 0.0158. The van der Waals surface area contributed by atoms with Crippen molar-refractivity contribution in [1.82, 2.24) is 0 Å². The van der Waals surface area contributed by atoms with Crippen LogP contribution in [0.2, 0.25) is 5.02 Å². The number of nitrogens with one attached hydrogen (secondary N) is 2. The fourth-order valence-corrected chi connectivity index (χ4v) is 5.98. The van der Waals surface area contributed by atoms with Crippen LogP contribution in [0.25, 0.3) is 0 Å². The molecule has 9 heteroatoms. The molecular formula is C24H20ClN3O4S. The number of benzene rings is 3. The normalized spacial score (nSPS) is 21.1. The van der Waals surface area contributed by atoms with Crippen molar-refractivity contribution in [2.75, 3.05) is 10.0 Å². The van der Waals surface area contributed by atoms with E-state index < -0.39 is 14.9 Å². The van der Waals surface area contributed by atoms with Crippen LogP contribution in [0.4, 0.5) is 17.1 Å². The number of hydrogen-bond donors (Lipinski definition) is 2. The highest BCUT2D eigenvalue weighted by atomic mass is 35.5. The van der Waals surface area contributed by atoms with E-state index in [0.29, 0.717) is 16.3 Å². The molecule has 2 N–H and O–H groups in total. The number of halogens is 1. The van der Waals surface area contributed by atoms with Crippen molar-refractivity contribution in [3.05, 3.63) is 105 Å². The number of allylic oxidation sites excluding steroid dienone is 2. The second-order valence-corrected chi connectivity index (χ2v) is 10.2. The van der Waals surface area contributed by atoms with E-state index >= 15 is 0 Å². The molecule has 0 amide bonds. The van der Waals surface area contributed by atoms with E-state index in [1.807, 2.05) is 6.07 Å². The highest BCUT2D eigenvalue weighted by Crippen LogP contribution is 2.51. The van der Waals surface area contributed by atoms with Gasteiger partial charge in [0.2, 0.25) is 0 Å². The molecule has 3 unspecified atom stereocenters. The van der Waals surface area contributed by atoms with E-state index in [1.165, 1.54) is 12.1 Å². The van der Waals surface area contributed by atoms with Crippen LogP contribution >= 0.6 is 11.6 Å². The van der Waals surface area contributed by atoms with Crippen molar-refractivity contribution < 1.29 is 13.3 Å². The van der Waals surface area contributed by atoms with Crippen LogP contribution in [-0.4, -0.2) is 13.3 Å². The molecule has 0 radical (unpaired) electrons. The van der Waals surface area contributed by atoms with Crippen LogP contribution in [0.15, 0.2) is 83.8 Å². The molecule has 3 atom stereocenters. The van der Waals surface area contributed by atoms with Gasteiger partial charge in [-0.15, -0.1) is 0 Å². The lowest BCUT2D eigenvalue weighted by Crippen LogP contribution is -2.29. The summed E-state index contributed by atoms with van der Waals surface area (Å²) in [6.07, 6.45) is 4.89. The molecular weight excluding hydrogens is 462 g/mol. The lowest BCUT2D eigenvalue weighted by atomic mass is 9.77. The van der Waals surface area contributed by atoms with Crippen molar-refractivity contribution in [3.8, 4) is 0 Å². The van der Waals surface area contributed by atoms with E-state index in [2.05, 4.69) is 22.2 Å². The van der Waals surface area contributed by atoms with Gasteiger partial charge in [0.1, 0.15) is 0 Å². The van der Waals surface area contributed by atoms with E-state index in [-0.39, 0.29) is 28.5 Å². The first kappa shape index (κ1) is 21.5. The number of hydrogen-bond acceptors (Lipinski definition) is 5. The first-order valence-corrected chi connectivity index (χ1v) is 12.3. The van der Waals surface area contributed by atoms with Gasteiger partial charge in [-0.2, -0.15) is 0 Å². The molecule has 33 heavy (non-hydrogen) atoms. The van der Waals surface area contributed by atoms with Gasteiger partial charge in [0, 0.05) is 40.0 Å². The summed E-state index contributed by atoms with van der Waals surface area (Å²) in [4.78, 5) is 11.0. The standard InChI is InChI=1S/C24H20ClN3O4S/c25-22-11-9-16(28(29)30)13-21(22)24-19-8-4-7-18(19)20-14-17(10-12-23(20)26-24)33(31,32)27-15-5-2-1-3-6-15/h1-7,9-14,18-19,24,26-27H,8H2. The van der Waals surface area contributed by atoms with Gasteiger partial charge in [0.05, 0.1) is 15.9 Å². The SMILES string of the molecule is O=[N+]([O-])c1ccc(Cl)c(C2Nc3ccc(S(=O)(=O)Nc4ccccc4)cc3C3C=CCC32)c1. The van der Waals surface area contributed by atoms with Crippen LogP contribution in [0, 0.1) is 16.0 Å². The maximum absolute atomic E-state index is 13.0. The average Bonchev–Trinajstić information content (AvgIpc) is 3.29. The van der Waals surface area contributed by atoms with E-state index in [1.54, 1.807) is 48.5 Å². The molecule has 0 fully saturated rings. The minimum Gasteiger partial charge on any atom is -0.378 e. The smallest absolute Gasteiger partial charge is 0.269 e. The van der Waals surface area contributed by atoms with Gasteiger partial charge < -0.3 is 5.32 Å². The molecule has 0 saturated carbocycles. The average molecular weight is 482 g/mol. The van der Waals surface area contributed by atoms with Gasteiger partial charge in [-0.1, -0.05) is 42.0 Å². The number of fused-ring (bicyclic) bond motifs is 3. The zero-order valence-electron chi connectivity index (χ0n) is 17.3. The Bertz CT molecular complexity index is 1380. The number of rotatable bonds is 5. The molecule has 168 valence electrons. The van der Waals surface area contributed by atoms with Crippen molar-refractivity contribution in [2.24, 2.45) is 5.92 Å². The number of anilines is 2. The zero-order valence-corrected chi connectivity index (χ0v) is 18.9. The maximum atomic E-state index is 13.0. The molecule has 3 aromatic rings. The van der Waals surface area contributed by atoms with Crippen molar-refractivity contribution in [1.29, 1.82) is 0 Å². The summed E-state index contributed by atoms with van der Waals surface area (Å²) in [5, 5.41) is 15.2. The van der Waals surface area contributed by atoms with Crippen LogP contribution in [0.1, 0.15) is 29.5 Å². The van der Waals surface area contributed by atoms with Crippen LogP contribution in [-0.2, 0) is 10.0 Å². The Morgan fingerprint density at radius 3 is 2.58 bits per heavy atom. The minimum atomic E-state index is -3.76. The first-order chi connectivity index (χ1) is 15.8. The van der Waals surface area contributed by atoms with Crippen molar-refractivity contribution in [2.45, 2.75) is 23.3 Å². The summed E-state index contributed by atoms with van der Waals surface area (Å²) in [5.74, 6) is 0.0190. The second-order valence-electron chi connectivity index (χ2n) is 8.16. The third-order valence-electron chi connectivity index (χ3n) is 6.20. The van der Waals surface area contributed by atoms with Gasteiger partial charge in [0.25, 0.3) is 15.7 Å². The summed E-state index contributed by atoms with van der Waals surface area (Å²) in [5.41, 5.74) is 2.81. The van der Waals surface area contributed by atoms with Crippen molar-refractivity contribution in [3.63, 3.8) is 0 Å². The topological polar surface area (TPSA) is 101 Å². The van der Waals surface area contributed by atoms with Crippen LogP contribution in [0.5, 0.6) is 0 Å². The molecule has 0 spiro atoms. The number of sulfonamides is 1. The molecule has 1 heterocycles. The lowest BCUT2D eigenvalue weighted by Gasteiger charge is -2.38. The highest BCUT2D eigenvalue weighted by molar-refractivity contribution is 7.92. The fraction of sp³-hybridized carbons (Fsp3) is 0.167. The van der Waals surface area contributed by atoms with E-state index in [0.717, 1.165) is 17.7 Å². The number of nitro groups is 1. The lowest BCUT2D eigenvalue weighted by molar-refractivity contribution is -0.384. The van der Waals surface area contributed by atoms with E-state index in [4.69, 9.17) is 11.6 Å². The van der Waals surface area contributed by atoms with E-state index in [9.17, 15) is 18.5 Å². The Hall–Kier alpha value is -3.36. The van der Waals surface area contributed by atoms with Crippen molar-refractivity contribution >= 4 is 38.7 Å². The van der Waals surface area contributed by atoms with Gasteiger partial charge in [0.15, 0.2) is 0 Å². The maximum Gasteiger partial charge on any atom is 0.269 e. The molecule has 1 aliphatic carbocycles. The number of para-hydroxylation sites is 1. The quantitative estimate of drug-likeness (QED) is 0.269. The summed E-state index contributed by atoms with van der Waals surface area (Å²) < 4.78 is 28.6. The molecule has 0 saturated heterocycles. The Labute approximate surface area is 196 Å². The predicted octanol–water partition coefficient (Wildman–Crippen LogP) is 5.88. The van der Waals surface area contributed by atoms with Gasteiger partial charge >= 0.3 is 0 Å².